The van der Waals surface area contributed by atoms with E-state index >= 15 is 0 Å². The Morgan fingerprint density at radius 2 is 2.25 bits per heavy atom. The van der Waals surface area contributed by atoms with Gasteiger partial charge in [-0.15, -0.1) is 0 Å². The summed E-state index contributed by atoms with van der Waals surface area (Å²) in [6.45, 7) is 7.54. The molecule has 0 bridgehead atoms. The van der Waals surface area contributed by atoms with Gasteiger partial charge in [0.05, 0.1) is 25.4 Å². The highest BCUT2D eigenvalue weighted by Crippen LogP contribution is 2.14. The van der Waals surface area contributed by atoms with Crippen LogP contribution in [0, 0.1) is 0 Å². The van der Waals surface area contributed by atoms with Gasteiger partial charge in [0.25, 0.3) is 0 Å². The maximum atomic E-state index is 5.78. The van der Waals surface area contributed by atoms with E-state index in [0.29, 0.717) is 24.3 Å². The zero-order valence-electron chi connectivity index (χ0n) is 10.3. The van der Waals surface area contributed by atoms with E-state index in [1.165, 1.54) is 0 Å². The summed E-state index contributed by atoms with van der Waals surface area (Å²) in [4.78, 5) is 0. The topological polar surface area (TPSA) is 39.7 Å². The Labute approximate surface area is 97.6 Å². The predicted octanol–water partition coefficient (Wildman–Crippen LogP) is 0.947. The third-order valence-corrected chi connectivity index (χ3v) is 3.34. The van der Waals surface area contributed by atoms with Crippen molar-refractivity contribution < 1.29 is 14.2 Å². The fourth-order valence-electron chi connectivity index (χ4n) is 2.29. The van der Waals surface area contributed by atoms with Crippen molar-refractivity contribution in [1.82, 2.24) is 5.32 Å². The van der Waals surface area contributed by atoms with Crippen molar-refractivity contribution in [1.29, 1.82) is 0 Å². The average molecular weight is 229 g/mol. The van der Waals surface area contributed by atoms with Gasteiger partial charge < -0.3 is 19.5 Å². The summed E-state index contributed by atoms with van der Waals surface area (Å²) in [7, 11) is 0. The van der Waals surface area contributed by atoms with Crippen LogP contribution in [0.25, 0.3) is 0 Å². The summed E-state index contributed by atoms with van der Waals surface area (Å²) in [5, 5.41) is 3.56. The van der Waals surface area contributed by atoms with E-state index in [9.17, 15) is 0 Å². The van der Waals surface area contributed by atoms with E-state index in [4.69, 9.17) is 14.2 Å². The summed E-state index contributed by atoms with van der Waals surface area (Å²) in [5.74, 6) is 0. The molecule has 4 heteroatoms. The molecule has 2 fully saturated rings. The number of ether oxygens (including phenoxy) is 3. The number of hydrogen-bond donors (Lipinski definition) is 1. The minimum absolute atomic E-state index is 0.307. The Hall–Kier alpha value is -0.160. The Morgan fingerprint density at radius 1 is 1.38 bits per heavy atom. The highest BCUT2D eigenvalue weighted by Gasteiger charge is 2.25. The van der Waals surface area contributed by atoms with Crippen molar-refractivity contribution >= 4 is 0 Å². The summed E-state index contributed by atoms with van der Waals surface area (Å²) in [6, 6.07) is 0.869. The van der Waals surface area contributed by atoms with Crippen molar-refractivity contribution in [3.8, 4) is 0 Å². The van der Waals surface area contributed by atoms with Crippen LogP contribution in [-0.2, 0) is 14.2 Å². The molecule has 0 aromatic rings. The molecule has 4 atom stereocenters. The lowest BCUT2D eigenvalue weighted by Gasteiger charge is -2.22. The summed E-state index contributed by atoms with van der Waals surface area (Å²) >= 11 is 0. The van der Waals surface area contributed by atoms with Crippen LogP contribution < -0.4 is 5.32 Å². The Kier molecular flexibility index (Phi) is 4.58. The van der Waals surface area contributed by atoms with Gasteiger partial charge in [-0.05, 0) is 26.7 Å². The molecule has 2 aliphatic heterocycles. The molecular formula is C12H23NO3. The van der Waals surface area contributed by atoms with Gasteiger partial charge in [0.2, 0.25) is 0 Å². The molecule has 94 valence electrons. The van der Waals surface area contributed by atoms with Crippen LogP contribution in [0.4, 0.5) is 0 Å². The van der Waals surface area contributed by atoms with Crippen LogP contribution in [0.15, 0.2) is 0 Å². The highest BCUT2D eigenvalue weighted by atomic mass is 16.5. The van der Waals surface area contributed by atoms with Crippen molar-refractivity contribution in [2.45, 2.75) is 51.0 Å². The zero-order chi connectivity index (χ0) is 11.4. The van der Waals surface area contributed by atoms with E-state index in [1.54, 1.807) is 0 Å². The minimum Gasteiger partial charge on any atom is -0.379 e. The first-order valence-electron chi connectivity index (χ1n) is 6.32. The molecule has 0 saturated carbocycles. The van der Waals surface area contributed by atoms with E-state index in [2.05, 4.69) is 19.2 Å². The maximum absolute atomic E-state index is 5.78. The van der Waals surface area contributed by atoms with Crippen LogP contribution in [-0.4, -0.2) is 50.7 Å². The maximum Gasteiger partial charge on any atom is 0.0831 e. The van der Waals surface area contributed by atoms with E-state index in [1.807, 2.05) is 0 Å². The number of rotatable bonds is 5. The Morgan fingerprint density at radius 3 is 2.88 bits per heavy atom. The smallest absolute Gasteiger partial charge is 0.0831 e. The number of hydrogen-bond acceptors (Lipinski definition) is 4. The Bertz CT molecular complexity index is 206. The van der Waals surface area contributed by atoms with Crippen LogP contribution in [0.3, 0.4) is 0 Å². The molecule has 16 heavy (non-hydrogen) atoms. The van der Waals surface area contributed by atoms with Crippen LogP contribution >= 0.6 is 0 Å². The van der Waals surface area contributed by atoms with Crippen molar-refractivity contribution in [3.05, 3.63) is 0 Å². The average Bonchev–Trinajstić information content (AvgIpc) is 2.88. The molecule has 1 N–H and O–H groups in total. The largest absolute Gasteiger partial charge is 0.379 e. The molecule has 2 aliphatic rings. The fraction of sp³-hybridized carbons (Fsp3) is 1.00. The molecule has 2 rings (SSSR count). The standard InChI is InChI=1S/C12H23NO3/c1-9(7-16-11-3-5-14-8-11)13-12-4-6-15-10(12)2/h9-13H,3-8H2,1-2H3. The third kappa shape index (κ3) is 3.42. The summed E-state index contributed by atoms with van der Waals surface area (Å²) in [5.41, 5.74) is 0. The van der Waals surface area contributed by atoms with Gasteiger partial charge in [-0.25, -0.2) is 0 Å². The lowest BCUT2D eigenvalue weighted by Crippen LogP contribution is -2.43. The molecule has 4 unspecified atom stereocenters. The molecule has 0 radical (unpaired) electrons. The molecular weight excluding hydrogens is 206 g/mol. The van der Waals surface area contributed by atoms with Crippen molar-refractivity contribution in [2.24, 2.45) is 0 Å². The molecule has 0 aliphatic carbocycles. The lowest BCUT2D eigenvalue weighted by atomic mass is 10.1. The third-order valence-electron chi connectivity index (χ3n) is 3.34. The van der Waals surface area contributed by atoms with E-state index in [-0.39, 0.29) is 0 Å². The van der Waals surface area contributed by atoms with Crippen LogP contribution in [0.2, 0.25) is 0 Å². The second kappa shape index (κ2) is 5.96. The summed E-state index contributed by atoms with van der Waals surface area (Å²) < 4.78 is 16.6. The van der Waals surface area contributed by atoms with E-state index < -0.39 is 0 Å². The first-order valence-corrected chi connectivity index (χ1v) is 6.32. The molecule has 0 spiro atoms. The molecule has 2 heterocycles. The quantitative estimate of drug-likeness (QED) is 0.762. The second-order valence-electron chi connectivity index (χ2n) is 4.86. The second-order valence-corrected chi connectivity index (χ2v) is 4.86. The predicted molar refractivity (Wildman–Crippen MR) is 61.6 cm³/mol. The first kappa shape index (κ1) is 12.3. The van der Waals surface area contributed by atoms with Gasteiger partial charge in [-0.1, -0.05) is 0 Å². The molecule has 4 nitrogen and oxygen atoms in total. The van der Waals surface area contributed by atoms with Crippen molar-refractivity contribution in [2.75, 3.05) is 26.4 Å². The fourth-order valence-corrected chi connectivity index (χ4v) is 2.29. The highest BCUT2D eigenvalue weighted by molar-refractivity contribution is 4.81. The molecule has 0 aromatic carbocycles. The summed E-state index contributed by atoms with van der Waals surface area (Å²) in [6.07, 6.45) is 2.78. The van der Waals surface area contributed by atoms with Gasteiger partial charge in [0, 0.05) is 25.3 Å². The zero-order valence-corrected chi connectivity index (χ0v) is 10.3. The first-order chi connectivity index (χ1) is 7.75. The SMILES string of the molecule is CC(COC1CCOC1)NC1CCOC1C. The van der Waals surface area contributed by atoms with Gasteiger partial charge in [-0.2, -0.15) is 0 Å². The van der Waals surface area contributed by atoms with E-state index in [0.717, 1.165) is 39.3 Å². The molecule has 0 amide bonds. The Balaban J connectivity index is 1.61. The minimum atomic E-state index is 0.307. The normalized spacial score (nSPS) is 36.8. The van der Waals surface area contributed by atoms with Crippen LogP contribution in [0.1, 0.15) is 26.7 Å². The van der Waals surface area contributed by atoms with Crippen molar-refractivity contribution in [3.63, 3.8) is 0 Å². The van der Waals surface area contributed by atoms with Crippen LogP contribution in [0.5, 0.6) is 0 Å². The van der Waals surface area contributed by atoms with Gasteiger partial charge >= 0.3 is 0 Å². The van der Waals surface area contributed by atoms with Gasteiger partial charge in [-0.3, -0.25) is 0 Å². The monoisotopic (exact) mass is 229 g/mol. The molecule has 2 saturated heterocycles. The molecule has 0 aromatic heterocycles. The lowest BCUT2D eigenvalue weighted by molar-refractivity contribution is 0.0286. The van der Waals surface area contributed by atoms with Gasteiger partial charge in [0.15, 0.2) is 0 Å². The number of nitrogens with one attached hydrogen (secondary N) is 1. The van der Waals surface area contributed by atoms with Gasteiger partial charge in [0.1, 0.15) is 0 Å².